The number of benzene rings is 1. The van der Waals surface area contributed by atoms with Crippen LogP contribution in [0.4, 0.5) is 0 Å². The molecule has 0 radical (unpaired) electrons. The lowest BCUT2D eigenvalue weighted by molar-refractivity contribution is -0.118. The van der Waals surface area contributed by atoms with E-state index in [9.17, 15) is 4.79 Å². The summed E-state index contributed by atoms with van der Waals surface area (Å²) in [5, 5.41) is 15.1. The molecule has 130 valence electrons. The van der Waals surface area contributed by atoms with Crippen LogP contribution in [0.3, 0.4) is 0 Å². The average molecular weight is 353 g/mol. The number of hydrogen-bond donors (Lipinski definition) is 2. The number of thioether (sulfide) groups is 1. The van der Waals surface area contributed by atoms with Gasteiger partial charge in [-0.1, -0.05) is 5.16 Å². The maximum Gasteiger partial charge on any atom is 0.258 e. The summed E-state index contributed by atoms with van der Waals surface area (Å²) in [6.07, 6.45) is 0. The second kappa shape index (κ2) is 9.14. The molecule has 1 aromatic carbocycles. The van der Waals surface area contributed by atoms with Gasteiger partial charge in [0, 0.05) is 12.1 Å². The molecule has 0 saturated heterocycles. The molecule has 0 aliphatic carbocycles. The van der Waals surface area contributed by atoms with Crippen molar-refractivity contribution >= 4 is 17.7 Å². The van der Waals surface area contributed by atoms with Crippen LogP contribution in [0.15, 0.2) is 22.7 Å². The lowest BCUT2D eigenvalue weighted by Gasteiger charge is -2.07. The van der Waals surface area contributed by atoms with Gasteiger partial charge in [0.15, 0.2) is 17.3 Å². The molecule has 0 aliphatic rings. The van der Waals surface area contributed by atoms with E-state index < -0.39 is 0 Å². The van der Waals surface area contributed by atoms with E-state index in [1.54, 1.807) is 32.4 Å². The molecule has 0 atom stereocenters. The minimum Gasteiger partial charge on any atom is -0.493 e. The first-order valence-electron chi connectivity index (χ1n) is 7.18. The normalized spacial score (nSPS) is 10.5. The van der Waals surface area contributed by atoms with Crippen molar-refractivity contribution < 1.29 is 23.9 Å². The topological polar surface area (TPSA) is 107 Å². The fourth-order valence-corrected chi connectivity index (χ4v) is 2.57. The van der Waals surface area contributed by atoms with Gasteiger partial charge in [0.25, 0.3) is 5.89 Å². The van der Waals surface area contributed by atoms with Gasteiger partial charge in [-0.15, -0.1) is 11.8 Å². The first-order chi connectivity index (χ1) is 11.7. The van der Waals surface area contributed by atoms with Crippen molar-refractivity contribution in [3.05, 3.63) is 24.0 Å². The Morgan fingerprint density at radius 3 is 2.83 bits per heavy atom. The van der Waals surface area contributed by atoms with Crippen LogP contribution in [0.25, 0.3) is 11.5 Å². The minimum absolute atomic E-state index is 0.0735. The minimum atomic E-state index is -0.141. The summed E-state index contributed by atoms with van der Waals surface area (Å²) >= 11 is 1.36. The second-order valence-electron chi connectivity index (χ2n) is 4.65. The number of carbonyl (C=O) groups excluding carboxylic acids is 1. The highest BCUT2D eigenvalue weighted by molar-refractivity contribution is 7.99. The Morgan fingerprint density at radius 2 is 2.12 bits per heavy atom. The number of ether oxygens (including phenoxy) is 2. The van der Waals surface area contributed by atoms with Crippen molar-refractivity contribution in [3.8, 4) is 23.0 Å². The number of aliphatic hydroxyl groups excluding tert-OH is 1. The van der Waals surface area contributed by atoms with Gasteiger partial charge in [0.2, 0.25) is 5.91 Å². The molecule has 9 heteroatoms. The van der Waals surface area contributed by atoms with Gasteiger partial charge in [-0.05, 0) is 18.2 Å². The molecule has 0 saturated carbocycles. The number of nitrogens with one attached hydrogen (secondary N) is 1. The van der Waals surface area contributed by atoms with Crippen LogP contribution in [0, 0.1) is 0 Å². The van der Waals surface area contributed by atoms with Crippen LogP contribution in [0.5, 0.6) is 11.5 Å². The Bertz CT molecular complexity index is 677. The van der Waals surface area contributed by atoms with Gasteiger partial charge in [-0.2, -0.15) is 4.98 Å². The van der Waals surface area contributed by atoms with Gasteiger partial charge in [-0.25, -0.2) is 0 Å². The summed E-state index contributed by atoms with van der Waals surface area (Å²) in [6, 6.07) is 5.32. The fraction of sp³-hybridized carbons (Fsp3) is 0.400. The highest BCUT2D eigenvalue weighted by atomic mass is 32.2. The first kappa shape index (κ1) is 18.1. The number of aromatic nitrogens is 2. The Balaban J connectivity index is 1.94. The molecule has 24 heavy (non-hydrogen) atoms. The van der Waals surface area contributed by atoms with E-state index in [0.717, 1.165) is 5.56 Å². The van der Waals surface area contributed by atoms with E-state index in [1.165, 1.54) is 11.8 Å². The van der Waals surface area contributed by atoms with E-state index in [-0.39, 0.29) is 24.8 Å². The number of amides is 1. The van der Waals surface area contributed by atoms with E-state index in [1.807, 2.05) is 0 Å². The second-order valence-corrected chi connectivity index (χ2v) is 5.64. The molecular weight excluding hydrogens is 334 g/mol. The predicted octanol–water partition coefficient (Wildman–Crippen LogP) is 1.10. The number of rotatable bonds is 9. The van der Waals surface area contributed by atoms with Gasteiger partial charge in [0.1, 0.15) is 0 Å². The largest absolute Gasteiger partial charge is 0.493 e. The van der Waals surface area contributed by atoms with Crippen LogP contribution < -0.4 is 14.8 Å². The monoisotopic (exact) mass is 353 g/mol. The van der Waals surface area contributed by atoms with Crippen molar-refractivity contribution in [2.24, 2.45) is 0 Å². The number of methoxy groups -OCH3 is 2. The molecule has 1 amide bonds. The molecule has 0 aliphatic heterocycles. The Hall–Kier alpha value is -2.26. The van der Waals surface area contributed by atoms with Crippen LogP contribution in [-0.2, 0) is 10.5 Å². The van der Waals surface area contributed by atoms with Crippen molar-refractivity contribution in [1.29, 1.82) is 0 Å². The van der Waals surface area contributed by atoms with Crippen LogP contribution in [0.1, 0.15) is 5.82 Å². The molecule has 1 heterocycles. The quantitative estimate of drug-likeness (QED) is 0.690. The van der Waals surface area contributed by atoms with Gasteiger partial charge < -0.3 is 24.4 Å². The summed E-state index contributed by atoms with van der Waals surface area (Å²) < 4.78 is 15.7. The smallest absolute Gasteiger partial charge is 0.258 e. The van der Waals surface area contributed by atoms with E-state index in [2.05, 4.69) is 15.5 Å². The lowest BCUT2D eigenvalue weighted by atomic mass is 10.2. The van der Waals surface area contributed by atoms with Crippen molar-refractivity contribution in [3.63, 3.8) is 0 Å². The van der Waals surface area contributed by atoms with Gasteiger partial charge in [-0.3, -0.25) is 4.79 Å². The summed E-state index contributed by atoms with van der Waals surface area (Å²) in [5.41, 5.74) is 0.720. The van der Waals surface area contributed by atoms with Crippen molar-refractivity contribution in [1.82, 2.24) is 15.5 Å². The Kier molecular flexibility index (Phi) is 6.89. The molecule has 0 spiro atoms. The molecule has 8 nitrogen and oxygen atoms in total. The van der Waals surface area contributed by atoms with Crippen LogP contribution in [-0.4, -0.2) is 54.3 Å². The number of carbonyl (C=O) groups is 1. The highest BCUT2D eigenvalue weighted by Crippen LogP contribution is 2.31. The summed E-state index contributed by atoms with van der Waals surface area (Å²) in [5.74, 6) is 2.63. The highest BCUT2D eigenvalue weighted by Gasteiger charge is 2.13. The van der Waals surface area contributed by atoms with E-state index in [4.69, 9.17) is 19.1 Å². The molecule has 0 bridgehead atoms. The molecule has 1 aromatic heterocycles. The molecule has 2 N–H and O–H groups in total. The SMILES string of the molecule is COc1ccc(-c2nc(CSCC(=O)NCCO)no2)cc1OC. The standard InChI is InChI=1S/C15H19N3O5S/c1-21-11-4-3-10(7-12(11)22-2)15-17-13(18-23-15)8-24-9-14(20)16-5-6-19/h3-4,7,19H,5-6,8-9H2,1-2H3,(H,16,20). The third-order valence-corrected chi connectivity index (χ3v) is 3.93. The average Bonchev–Trinajstić information content (AvgIpc) is 3.08. The van der Waals surface area contributed by atoms with E-state index >= 15 is 0 Å². The van der Waals surface area contributed by atoms with Crippen molar-refractivity contribution in [2.45, 2.75) is 5.75 Å². The molecule has 2 rings (SSSR count). The number of nitrogens with zero attached hydrogens (tertiary/aromatic N) is 2. The fourth-order valence-electron chi connectivity index (χ4n) is 1.88. The molecule has 0 unspecified atom stereocenters. The molecule has 2 aromatic rings. The van der Waals surface area contributed by atoms with Crippen LogP contribution in [0.2, 0.25) is 0 Å². The van der Waals surface area contributed by atoms with E-state index in [0.29, 0.717) is 29.0 Å². The lowest BCUT2D eigenvalue weighted by Crippen LogP contribution is -2.27. The maximum atomic E-state index is 11.4. The summed E-state index contributed by atoms with van der Waals surface area (Å²) in [4.78, 5) is 15.7. The zero-order valence-corrected chi connectivity index (χ0v) is 14.3. The third-order valence-electron chi connectivity index (χ3n) is 3.00. The number of aliphatic hydroxyl groups is 1. The first-order valence-corrected chi connectivity index (χ1v) is 8.33. The third kappa shape index (κ3) is 4.87. The molecular formula is C15H19N3O5S. The Labute approximate surface area is 143 Å². The van der Waals surface area contributed by atoms with Crippen molar-refractivity contribution in [2.75, 3.05) is 33.1 Å². The van der Waals surface area contributed by atoms with Crippen LogP contribution >= 0.6 is 11.8 Å². The predicted molar refractivity (Wildman–Crippen MR) is 89.1 cm³/mol. The van der Waals surface area contributed by atoms with Gasteiger partial charge >= 0.3 is 0 Å². The Morgan fingerprint density at radius 1 is 1.33 bits per heavy atom. The zero-order chi connectivity index (χ0) is 17.4. The summed E-state index contributed by atoms with van der Waals surface area (Å²) in [7, 11) is 3.12. The zero-order valence-electron chi connectivity index (χ0n) is 13.4. The van der Waals surface area contributed by atoms with Gasteiger partial charge in [0.05, 0.1) is 32.3 Å². The summed E-state index contributed by atoms with van der Waals surface area (Å²) in [6.45, 7) is 0.182. The maximum absolute atomic E-state index is 11.4. The molecule has 0 fully saturated rings. The number of hydrogen-bond acceptors (Lipinski definition) is 8.